The molecule has 1 aliphatic heterocycles. The van der Waals surface area contributed by atoms with Crippen molar-refractivity contribution in [3.05, 3.63) is 29.3 Å². The molecule has 7 nitrogen and oxygen atoms in total. The van der Waals surface area contributed by atoms with Gasteiger partial charge < -0.3 is 14.4 Å². The number of amides is 1. The summed E-state index contributed by atoms with van der Waals surface area (Å²) in [6.07, 6.45) is 0.393. The van der Waals surface area contributed by atoms with Crippen LogP contribution in [-0.4, -0.2) is 62.0 Å². The monoisotopic (exact) mass is 403 g/mol. The Bertz CT molecular complexity index is 775. The predicted molar refractivity (Wildman–Crippen MR) is 96.9 cm³/mol. The summed E-state index contributed by atoms with van der Waals surface area (Å²) in [6.45, 7) is 2.59. The fraction of sp³-hybridized carbons (Fsp3) is 0.529. The van der Waals surface area contributed by atoms with Crippen LogP contribution in [-0.2, 0) is 24.2 Å². The molecule has 0 saturated carbocycles. The largest absolute Gasteiger partial charge is 0.476 e. The maximum absolute atomic E-state index is 12.2. The molecular weight excluding hydrogens is 382 g/mol. The Morgan fingerprint density at radius 1 is 1.27 bits per heavy atom. The zero-order valence-electron chi connectivity index (χ0n) is 14.9. The second-order valence-electron chi connectivity index (χ2n) is 6.70. The molecule has 26 heavy (non-hydrogen) atoms. The van der Waals surface area contributed by atoms with Gasteiger partial charge in [-0.25, -0.2) is 13.2 Å². The Balaban J connectivity index is 1.88. The fourth-order valence-electron chi connectivity index (χ4n) is 2.53. The molecule has 1 saturated heterocycles. The van der Waals surface area contributed by atoms with Crippen molar-refractivity contribution >= 4 is 33.3 Å². The highest BCUT2D eigenvalue weighted by Gasteiger charge is 2.35. The van der Waals surface area contributed by atoms with Crippen LogP contribution in [0.4, 0.5) is 0 Å². The van der Waals surface area contributed by atoms with E-state index in [1.165, 1.54) is 25.8 Å². The van der Waals surface area contributed by atoms with E-state index < -0.39 is 33.9 Å². The maximum atomic E-state index is 12.2. The number of nitrogens with zero attached hydrogens (tertiary/aromatic N) is 1. The van der Waals surface area contributed by atoms with Gasteiger partial charge in [-0.2, -0.15) is 0 Å². The molecule has 1 aliphatic rings. The third kappa shape index (κ3) is 5.35. The summed E-state index contributed by atoms with van der Waals surface area (Å²) in [5, 5.41) is 0.542. The van der Waals surface area contributed by atoms with Crippen LogP contribution in [0.25, 0.3) is 0 Å². The first-order valence-electron chi connectivity index (χ1n) is 8.08. The van der Waals surface area contributed by atoms with Crippen molar-refractivity contribution in [3.8, 4) is 5.75 Å². The van der Waals surface area contributed by atoms with Crippen molar-refractivity contribution in [1.82, 2.24) is 4.90 Å². The number of esters is 1. The lowest BCUT2D eigenvalue weighted by Crippen LogP contribution is -2.44. The minimum Gasteiger partial charge on any atom is -0.476 e. The molecule has 144 valence electrons. The number of carbonyl (C=O) groups excluding carboxylic acids is 2. The molecule has 2 rings (SSSR count). The summed E-state index contributed by atoms with van der Waals surface area (Å²) in [5.74, 6) is -0.710. The van der Waals surface area contributed by atoms with Gasteiger partial charge in [0.05, 0.1) is 11.5 Å². The summed E-state index contributed by atoms with van der Waals surface area (Å²) in [5.41, 5.74) is -1.30. The summed E-state index contributed by atoms with van der Waals surface area (Å²) < 4.78 is 33.7. The Morgan fingerprint density at radius 3 is 2.42 bits per heavy atom. The second-order valence-corrected chi connectivity index (χ2v) is 9.37. The topological polar surface area (TPSA) is 90.0 Å². The smallest absolute Gasteiger partial charge is 0.350 e. The van der Waals surface area contributed by atoms with E-state index >= 15 is 0 Å². The minimum absolute atomic E-state index is 0.0612. The van der Waals surface area contributed by atoms with E-state index in [9.17, 15) is 18.0 Å². The highest BCUT2D eigenvalue weighted by atomic mass is 35.5. The van der Waals surface area contributed by atoms with E-state index in [4.69, 9.17) is 21.1 Å². The Labute approximate surface area is 158 Å². The van der Waals surface area contributed by atoms with Gasteiger partial charge in [-0.05, 0) is 44.5 Å². The van der Waals surface area contributed by atoms with Crippen LogP contribution < -0.4 is 4.74 Å². The number of rotatable bonds is 6. The molecule has 0 aromatic heterocycles. The van der Waals surface area contributed by atoms with E-state index in [-0.39, 0.29) is 17.5 Å². The number of ether oxygens (including phenoxy) is 2. The molecule has 1 unspecified atom stereocenters. The minimum atomic E-state index is -3.10. The van der Waals surface area contributed by atoms with Gasteiger partial charge in [0, 0.05) is 18.1 Å². The first-order chi connectivity index (χ1) is 12.0. The average molecular weight is 404 g/mol. The molecule has 1 amide bonds. The van der Waals surface area contributed by atoms with Crippen molar-refractivity contribution in [1.29, 1.82) is 0 Å². The van der Waals surface area contributed by atoms with Crippen LogP contribution in [0, 0.1) is 0 Å². The predicted octanol–water partition coefficient (Wildman–Crippen LogP) is 1.69. The van der Waals surface area contributed by atoms with Crippen LogP contribution in [0.3, 0.4) is 0 Å². The number of carbonyl (C=O) groups is 2. The molecule has 1 aromatic carbocycles. The first kappa shape index (κ1) is 20.5. The highest BCUT2D eigenvalue weighted by Crippen LogP contribution is 2.22. The number of benzene rings is 1. The van der Waals surface area contributed by atoms with Gasteiger partial charge in [0.25, 0.3) is 5.91 Å². The van der Waals surface area contributed by atoms with E-state index in [0.717, 1.165) is 0 Å². The fourth-order valence-corrected chi connectivity index (χ4v) is 4.43. The van der Waals surface area contributed by atoms with Crippen LogP contribution >= 0.6 is 11.6 Å². The van der Waals surface area contributed by atoms with Gasteiger partial charge in [-0.15, -0.1) is 0 Å². The van der Waals surface area contributed by atoms with E-state index in [1.54, 1.807) is 24.3 Å². The van der Waals surface area contributed by atoms with Gasteiger partial charge in [0.1, 0.15) is 5.75 Å². The summed E-state index contributed by atoms with van der Waals surface area (Å²) in [6, 6.07) is 6.12. The molecule has 1 atom stereocenters. The molecule has 1 aromatic rings. The molecular formula is C17H22ClNO6S. The van der Waals surface area contributed by atoms with Crippen molar-refractivity contribution in [2.24, 2.45) is 0 Å². The lowest BCUT2D eigenvalue weighted by molar-refractivity contribution is -0.164. The van der Waals surface area contributed by atoms with Crippen molar-refractivity contribution in [3.63, 3.8) is 0 Å². The third-order valence-electron chi connectivity index (χ3n) is 4.15. The highest BCUT2D eigenvalue weighted by molar-refractivity contribution is 7.91. The zero-order chi connectivity index (χ0) is 19.5. The summed E-state index contributed by atoms with van der Waals surface area (Å²) >= 11 is 5.80. The van der Waals surface area contributed by atoms with Crippen LogP contribution in [0.15, 0.2) is 24.3 Å². The standard InChI is InChI=1S/C17H22ClNO6S/c1-17(2,25-14-6-4-12(18)5-7-14)16(21)24-10-15(20)19(3)13-8-9-26(22,23)11-13/h4-7,13H,8-11H2,1-3H3. The summed E-state index contributed by atoms with van der Waals surface area (Å²) in [7, 11) is -1.59. The number of likely N-dealkylation sites (N-methyl/N-ethyl adjacent to an activating group) is 1. The van der Waals surface area contributed by atoms with Crippen molar-refractivity contribution < 1.29 is 27.5 Å². The first-order valence-corrected chi connectivity index (χ1v) is 10.3. The van der Waals surface area contributed by atoms with Gasteiger partial charge >= 0.3 is 5.97 Å². The Morgan fingerprint density at radius 2 is 1.88 bits per heavy atom. The average Bonchev–Trinajstić information content (AvgIpc) is 2.93. The van der Waals surface area contributed by atoms with Gasteiger partial charge in [-0.1, -0.05) is 11.6 Å². The third-order valence-corrected chi connectivity index (χ3v) is 6.16. The lowest BCUT2D eigenvalue weighted by Gasteiger charge is -2.26. The van der Waals surface area contributed by atoms with Crippen molar-refractivity contribution in [2.75, 3.05) is 25.2 Å². The number of sulfone groups is 1. The molecule has 1 fully saturated rings. The second kappa shape index (κ2) is 7.84. The lowest BCUT2D eigenvalue weighted by atomic mass is 10.1. The van der Waals surface area contributed by atoms with Gasteiger partial charge in [0.2, 0.25) is 0 Å². The number of hydrogen-bond donors (Lipinski definition) is 0. The molecule has 0 spiro atoms. The number of hydrogen-bond acceptors (Lipinski definition) is 6. The Hall–Kier alpha value is -1.80. The molecule has 0 N–H and O–H groups in total. The van der Waals surface area contributed by atoms with Crippen LogP contribution in [0.5, 0.6) is 5.75 Å². The van der Waals surface area contributed by atoms with E-state index in [1.807, 2.05) is 0 Å². The van der Waals surface area contributed by atoms with Crippen LogP contribution in [0.2, 0.25) is 5.02 Å². The van der Waals surface area contributed by atoms with Crippen molar-refractivity contribution in [2.45, 2.75) is 31.9 Å². The van der Waals surface area contributed by atoms with E-state index in [2.05, 4.69) is 0 Å². The Kier molecular flexibility index (Phi) is 6.18. The van der Waals surface area contributed by atoms with Crippen LogP contribution in [0.1, 0.15) is 20.3 Å². The molecule has 9 heteroatoms. The molecule has 0 aliphatic carbocycles. The van der Waals surface area contributed by atoms with Gasteiger partial charge in [-0.3, -0.25) is 4.79 Å². The summed E-state index contributed by atoms with van der Waals surface area (Å²) in [4.78, 5) is 25.7. The van der Waals surface area contributed by atoms with Gasteiger partial charge in [0.15, 0.2) is 22.0 Å². The SMILES string of the molecule is CN(C(=O)COC(=O)C(C)(C)Oc1ccc(Cl)cc1)C1CCS(=O)(=O)C1. The maximum Gasteiger partial charge on any atom is 0.350 e. The normalized spacial score (nSPS) is 19.0. The molecule has 0 bridgehead atoms. The molecule has 1 heterocycles. The number of halogens is 1. The van der Waals surface area contributed by atoms with E-state index in [0.29, 0.717) is 17.2 Å². The zero-order valence-corrected chi connectivity index (χ0v) is 16.5. The quantitative estimate of drug-likeness (QED) is 0.671. The molecule has 0 radical (unpaired) electrons.